The Hall–Kier alpha value is -2.28. The predicted molar refractivity (Wildman–Crippen MR) is 79.7 cm³/mol. The Morgan fingerprint density at radius 1 is 1.27 bits per heavy atom. The molecule has 0 atom stereocenters. The molecule has 1 aliphatic rings. The molecule has 0 spiro atoms. The zero-order valence-electron chi connectivity index (χ0n) is 12.2. The van der Waals surface area contributed by atoms with Crippen LogP contribution in [0.15, 0.2) is 36.2 Å². The van der Waals surface area contributed by atoms with Crippen molar-refractivity contribution in [3.05, 3.63) is 36.2 Å². The molecular weight excluding hydrogens is 291 g/mol. The summed E-state index contributed by atoms with van der Waals surface area (Å²) in [7, 11) is 0. The number of halogens is 1. The summed E-state index contributed by atoms with van der Waals surface area (Å²) < 4.78 is 27.9. The second kappa shape index (κ2) is 8.23. The first-order chi connectivity index (χ1) is 10.7. The molecule has 1 heterocycles. The van der Waals surface area contributed by atoms with Crippen molar-refractivity contribution in [3.8, 4) is 5.75 Å². The minimum Gasteiger partial charge on any atom is -0.489 e. The van der Waals surface area contributed by atoms with Crippen LogP contribution < -0.4 is 15.4 Å². The first-order valence-corrected chi connectivity index (χ1v) is 6.95. The Kier molecular flexibility index (Phi) is 6.02. The van der Waals surface area contributed by atoms with Crippen LogP contribution in [-0.4, -0.2) is 45.6 Å². The number of hydrogen-bond acceptors (Lipinski definition) is 5. The van der Waals surface area contributed by atoms with E-state index in [1.807, 2.05) is 24.3 Å². The Bertz CT molecular complexity index is 513. The molecule has 1 fully saturated rings. The molecule has 0 aliphatic carbocycles. The number of carbonyl (C=O) groups is 1. The summed E-state index contributed by atoms with van der Waals surface area (Å²) in [5.74, 6) is 0.607. The number of carbonyl (C=O) groups excluding carboxylic acids is 1. The SMILES string of the molecule is NC(=O)OC/C(=C/F)COc1ccc(N2CCOCC2)cc1. The monoisotopic (exact) mass is 310 g/mol. The molecule has 0 radical (unpaired) electrons. The predicted octanol–water partition coefficient (Wildman–Crippen LogP) is 1.85. The van der Waals surface area contributed by atoms with Crippen molar-refractivity contribution < 1.29 is 23.4 Å². The van der Waals surface area contributed by atoms with E-state index < -0.39 is 6.09 Å². The van der Waals surface area contributed by atoms with Gasteiger partial charge < -0.3 is 24.8 Å². The lowest BCUT2D eigenvalue weighted by atomic mass is 10.2. The fraction of sp³-hybridized carbons (Fsp3) is 0.400. The standard InChI is InChI=1S/C15H19FN2O4/c16-9-12(11-22-15(17)19)10-21-14-3-1-13(2-4-14)18-5-7-20-8-6-18/h1-4,9H,5-8,10-11H2,(H2,17,19)/b12-9+. The molecule has 1 aliphatic heterocycles. The van der Waals surface area contributed by atoms with Gasteiger partial charge in [0.05, 0.1) is 19.5 Å². The van der Waals surface area contributed by atoms with Gasteiger partial charge in [-0.15, -0.1) is 0 Å². The highest BCUT2D eigenvalue weighted by molar-refractivity contribution is 5.64. The molecule has 7 heteroatoms. The topological polar surface area (TPSA) is 74.0 Å². The summed E-state index contributed by atoms with van der Waals surface area (Å²) in [6.07, 6.45) is -0.598. The van der Waals surface area contributed by atoms with Gasteiger partial charge in [0, 0.05) is 24.4 Å². The first-order valence-electron chi connectivity index (χ1n) is 6.95. The smallest absolute Gasteiger partial charge is 0.404 e. The molecule has 0 saturated carbocycles. The lowest BCUT2D eigenvalue weighted by molar-refractivity contribution is 0.122. The summed E-state index contributed by atoms with van der Waals surface area (Å²) in [5, 5.41) is 0. The van der Waals surface area contributed by atoms with Crippen LogP contribution in [0.3, 0.4) is 0 Å². The maximum absolute atomic E-state index is 12.6. The minimum absolute atomic E-state index is 0.0132. The van der Waals surface area contributed by atoms with E-state index in [0.717, 1.165) is 32.0 Å². The van der Waals surface area contributed by atoms with Gasteiger partial charge in [0.2, 0.25) is 0 Å². The molecule has 120 valence electrons. The van der Waals surface area contributed by atoms with Gasteiger partial charge in [-0.3, -0.25) is 0 Å². The summed E-state index contributed by atoms with van der Waals surface area (Å²) >= 11 is 0. The van der Waals surface area contributed by atoms with Crippen molar-refractivity contribution in [1.82, 2.24) is 0 Å². The number of nitrogens with two attached hydrogens (primary N) is 1. The van der Waals surface area contributed by atoms with Crippen LogP contribution in [0.2, 0.25) is 0 Å². The van der Waals surface area contributed by atoms with Gasteiger partial charge in [-0.05, 0) is 24.3 Å². The van der Waals surface area contributed by atoms with Crippen molar-refractivity contribution in [2.24, 2.45) is 5.73 Å². The average molecular weight is 310 g/mol. The van der Waals surface area contributed by atoms with Gasteiger partial charge in [-0.25, -0.2) is 9.18 Å². The van der Waals surface area contributed by atoms with E-state index in [1.54, 1.807) is 0 Å². The largest absolute Gasteiger partial charge is 0.489 e. The van der Waals surface area contributed by atoms with Crippen LogP contribution in [0.25, 0.3) is 0 Å². The fourth-order valence-corrected chi connectivity index (χ4v) is 2.02. The van der Waals surface area contributed by atoms with Crippen molar-refractivity contribution in [2.75, 3.05) is 44.4 Å². The number of primary amides is 1. The van der Waals surface area contributed by atoms with E-state index in [1.165, 1.54) is 0 Å². The molecule has 6 nitrogen and oxygen atoms in total. The third kappa shape index (κ3) is 4.92. The number of morpholine rings is 1. The zero-order chi connectivity index (χ0) is 15.8. The van der Waals surface area contributed by atoms with Crippen molar-refractivity contribution in [2.45, 2.75) is 0 Å². The minimum atomic E-state index is -0.950. The number of anilines is 1. The van der Waals surface area contributed by atoms with Gasteiger partial charge in [0.15, 0.2) is 0 Å². The van der Waals surface area contributed by atoms with Crippen LogP contribution in [-0.2, 0) is 9.47 Å². The number of nitrogens with zero attached hydrogens (tertiary/aromatic N) is 1. The lowest BCUT2D eigenvalue weighted by Crippen LogP contribution is -2.36. The van der Waals surface area contributed by atoms with E-state index in [9.17, 15) is 9.18 Å². The van der Waals surface area contributed by atoms with Crippen molar-refractivity contribution in [3.63, 3.8) is 0 Å². The van der Waals surface area contributed by atoms with Crippen LogP contribution in [0, 0.1) is 0 Å². The fourth-order valence-electron chi connectivity index (χ4n) is 2.02. The lowest BCUT2D eigenvalue weighted by Gasteiger charge is -2.28. The molecule has 0 aromatic heterocycles. The molecule has 0 bridgehead atoms. The van der Waals surface area contributed by atoms with E-state index in [0.29, 0.717) is 12.1 Å². The van der Waals surface area contributed by atoms with Gasteiger partial charge in [-0.2, -0.15) is 0 Å². The number of benzene rings is 1. The molecule has 0 unspecified atom stereocenters. The Morgan fingerprint density at radius 3 is 2.55 bits per heavy atom. The summed E-state index contributed by atoms with van der Waals surface area (Å²) in [6.45, 7) is 2.93. The van der Waals surface area contributed by atoms with Crippen LogP contribution >= 0.6 is 0 Å². The summed E-state index contributed by atoms with van der Waals surface area (Å²) in [5.41, 5.74) is 6.11. The van der Waals surface area contributed by atoms with Gasteiger partial charge in [0.25, 0.3) is 0 Å². The second-order valence-corrected chi connectivity index (χ2v) is 4.76. The molecule has 2 rings (SSSR count). The number of amides is 1. The third-order valence-electron chi connectivity index (χ3n) is 3.19. The van der Waals surface area contributed by atoms with Crippen LogP contribution in [0.1, 0.15) is 0 Å². The normalized spacial score (nSPS) is 15.5. The van der Waals surface area contributed by atoms with Gasteiger partial charge >= 0.3 is 6.09 Å². The molecular formula is C15H19FN2O4. The van der Waals surface area contributed by atoms with Crippen LogP contribution in [0.4, 0.5) is 14.9 Å². The highest BCUT2D eigenvalue weighted by Gasteiger charge is 2.11. The maximum atomic E-state index is 12.6. The Morgan fingerprint density at radius 2 is 1.95 bits per heavy atom. The second-order valence-electron chi connectivity index (χ2n) is 4.76. The number of ether oxygens (including phenoxy) is 3. The van der Waals surface area contributed by atoms with Gasteiger partial charge in [0.1, 0.15) is 19.0 Å². The Balaban J connectivity index is 1.84. The number of rotatable bonds is 6. The van der Waals surface area contributed by atoms with E-state index in [2.05, 4.69) is 9.64 Å². The first kappa shape index (κ1) is 16.1. The summed E-state index contributed by atoms with van der Waals surface area (Å²) in [4.78, 5) is 12.7. The Labute approximate surface area is 128 Å². The zero-order valence-corrected chi connectivity index (χ0v) is 12.2. The molecule has 2 N–H and O–H groups in total. The highest BCUT2D eigenvalue weighted by Crippen LogP contribution is 2.20. The number of hydrogen-bond donors (Lipinski definition) is 1. The van der Waals surface area contributed by atoms with Gasteiger partial charge in [-0.1, -0.05) is 0 Å². The molecule has 1 saturated heterocycles. The molecule has 1 aromatic carbocycles. The van der Waals surface area contributed by atoms with Crippen molar-refractivity contribution >= 4 is 11.8 Å². The van der Waals surface area contributed by atoms with E-state index in [-0.39, 0.29) is 18.8 Å². The van der Waals surface area contributed by atoms with Crippen LogP contribution in [0.5, 0.6) is 5.75 Å². The van der Waals surface area contributed by atoms with Crippen molar-refractivity contribution in [1.29, 1.82) is 0 Å². The average Bonchev–Trinajstić information content (AvgIpc) is 2.56. The van der Waals surface area contributed by atoms with E-state index >= 15 is 0 Å². The third-order valence-corrected chi connectivity index (χ3v) is 3.19. The quantitative estimate of drug-likeness (QED) is 0.868. The maximum Gasteiger partial charge on any atom is 0.404 e. The molecule has 1 aromatic rings. The highest BCUT2D eigenvalue weighted by atomic mass is 19.1. The molecule has 1 amide bonds. The molecule has 22 heavy (non-hydrogen) atoms. The summed E-state index contributed by atoms with van der Waals surface area (Å²) in [6, 6.07) is 7.52. The van der Waals surface area contributed by atoms with E-state index in [4.69, 9.17) is 15.2 Å².